The van der Waals surface area contributed by atoms with E-state index in [2.05, 4.69) is 9.88 Å². The molecule has 1 aromatic carbocycles. The number of rotatable bonds is 5. The lowest BCUT2D eigenvalue weighted by Gasteiger charge is -2.53. The Balaban J connectivity index is 0.000000333. The van der Waals surface area contributed by atoms with Gasteiger partial charge in [-0.1, -0.05) is 18.2 Å². The maximum atomic E-state index is 13.0. The standard InChI is InChI=1S/C21H25FN2O2.2C2HF3O2/c1-16-3-2-4-19(23-16)13-25-20-9-10-26-21(11-20)14-24(15-21)12-17-5-7-18(22)8-6-17;2*3-2(4,5)1(6)7/h2-8,20H,9-15H2,1H3;2*(H,6,7). The number of hydrogen-bond acceptors (Lipinski definition) is 6. The molecule has 0 amide bonds. The first kappa shape index (κ1) is 32.9. The van der Waals surface area contributed by atoms with Crippen molar-refractivity contribution < 1.29 is 60.0 Å². The molecule has 0 aliphatic carbocycles. The van der Waals surface area contributed by atoms with Crippen molar-refractivity contribution in [2.45, 2.75) is 57.0 Å². The SMILES string of the molecule is Cc1cccc(COC2CCOC3(C2)CN(Cc2ccc(F)cc2)C3)n1.O=C(O)C(F)(F)F.O=C(O)C(F)(F)F. The van der Waals surface area contributed by atoms with Gasteiger partial charge in [0, 0.05) is 38.4 Å². The molecule has 1 spiro atoms. The highest BCUT2D eigenvalue weighted by Crippen LogP contribution is 2.36. The molecule has 2 aliphatic rings. The van der Waals surface area contributed by atoms with Crippen molar-refractivity contribution in [3.05, 3.63) is 65.2 Å². The molecule has 2 saturated heterocycles. The smallest absolute Gasteiger partial charge is 0.475 e. The molecular weight excluding hydrogens is 557 g/mol. The summed E-state index contributed by atoms with van der Waals surface area (Å²) in [6.45, 7) is 5.96. The van der Waals surface area contributed by atoms with E-state index in [1.165, 1.54) is 12.1 Å². The van der Waals surface area contributed by atoms with Gasteiger partial charge in [-0.05, 0) is 43.2 Å². The largest absolute Gasteiger partial charge is 0.490 e. The third-order valence-corrected chi connectivity index (χ3v) is 5.69. The maximum Gasteiger partial charge on any atom is 0.490 e. The highest BCUT2D eigenvalue weighted by atomic mass is 19.4. The van der Waals surface area contributed by atoms with Crippen molar-refractivity contribution in [2.75, 3.05) is 19.7 Å². The van der Waals surface area contributed by atoms with Gasteiger partial charge >= 0.3 is 24.3 Å². The van der Waals surface area contributed by atoms with E-state index in [1.54, 1.807) is 0 Å². The third kappa shape index (κ3) is 11.1. The number of carboxylic acids is 2. The summed E-state index contributed by atoms with van der Waals surface area (Å²) in [6.07, 6.45) is -8.08. The lowest BCUT2D eigenvalue weighted by atomic mass is 9.84. The van der Waals surface area contributed by atoms with Crippen molar-refractivity contribution in [2.24, 2.45) is 0 Å². The van der Waals surface area contributed by atoms with Crippen LogP contribution >= 0.6 is 0 Å². The summed E-state index contributed by atoms with van der Waals surface area (Å²) in [7, 11) is 0. The molecule has 0 bridgehead atoms. The van der Waals surface area contributed by atoms with E-state index in [9.17, 15) is 30.7 Å². The van der Waals surface area contributed by atoms with E-state index in [1.807, 2.05) is 37.3 Å². The molecule has 222 valence electrons. The fraction of sp³-hybridized carbons (Fsp3) is 0.480. The van der Waals surface area contributed by atoms with Crippen molar-refractivity contribution in [1.82, 2.24) is 9.88 Å². The number of carboxylic acid groups (broad SMARTS) is 2. The molecule has 15 heteroatoms. The predicted octanol–water partition coefficient (Wildman–Crippen LogP) is 4.75. The predicted molar refractivity (Wildman–Crippen MR) is 125 cm³/mol. The summed E-state index contributed by atoms with van der Waals surface area (Å²) in [6, 6.07) is 12.8. The molecule has 2 aromatic rings. The van der Waals surface area contributed by atoms with E-state index in [0.717, 1.165) is 56.0 Å². The molecule has 1 aromatic heterocycles. The first-order valence-corrected chi connectivity index (χ1v) is 11.7. The first-order chi connectivity index (χ1) is 18.5. The number of alkyl halides is 6. The van der Waals surface area contributed by atoms with Gasteiger partial charge in [0.2, 0.25) is 0 Å². The van der Waals surface area contributed by atoms with Crippen LogP contribution in [0, 0.1) is 12.7 Å². The summed E-state index contributed by atoms with van der Waals surface area (Å²) < 4.78 is 88.7. The molecule has 2 N–H and O–H groups in total. The number of aryl methyl sites for hydroxylation is 1. The first-order valence-electron chi connectivity index (χ1n) is 11.7. The van der Waals surface area contributed by atoms with Crippen molar-refractivity contribution in [3.8, 4) is 0 Å². The molecular formula is C25H27F7N2O6. The molecule has 1 unspecified atom stereocenters. The zero-order chi connectivity index (χ0) is 30.1. The summed E-state index contributed by atoms with van der Waals surface area (Å²) >= 11 is 0. The average molecular weight is 584 g/mol. The normalized spacial score (nSPS) is 18.4. The minimum absolute atomic E-state index is 0.0804. The van der Waals surface area contributed by atoms with Gasteiger partial charge in [-0.3, -0.25) is 9.88 Å². The Kier molecular flexibility index (Phi) is 11.4. The molecule has 3 heterocycles. The maximum absolute atomic E-state index is 13.0. The van der Waals surface area contributed by atoms with Gasteiger partial charge in [0.05, 0.1) is 24.0 Å². The van der Waals surface area contributed by atoms with Crippen molar-refractivity contribution in [1.29, 1.82) is 0 Å². The van der Waals surface area contributed by atoms with Gasteiger partial charge in [0.25, 0.3) is 0 Å². The van der Waals surface area contributed by atoms with Crippen LogP contribution in [0.1, 0.15) is 29.8 Å². The fourth-order valence-electron chi connectivity index (χ4n) is 3.96. The number of ether oxygens (including phenoxy) is 2. The van der Waals surface area contributed by atoms with E-state index in [0.29, 0.717) is 6.61 Å². The Labute approximate surface area is 224 Å². The number of carbonyl (C=O) groups is 2. The molecule has 0 radical (unpaired) electrons. The molecule has 1 atom stereocenters. The minimum Gasteiger partial charge on any atom is -0.475 e. The molecule has 2 aliphatic heterocycles. The monoisotopic (exact) mass is 584 g/mol. The van der Waals surface area contributed by atoms with Gasteiger partial charge in [-0.15, -0.1) is 0 Å². The Morgan fingerprint density at radius 1 is 1.02 bits per heavy atom. The number of aromatic nitrogens is 1. The lowest BCUT2D eigenvalue weighted by Crippen LogP contribution is -2.65. The van der Waals surface area contributed by atoms with E-state index >= 15 is 0 Å². The number of aliphatic carboxylic acids is 2. The number of likely N-dealkylation sites (tertiary alicyclic amines) is 1. The fourth-order valence-corrected chi connectivity index (χ4v) is 3.96. The second-order valence-corrected chi connectivity index (χ2v) is 9.11. The number of benzene rings is 1. The molecule has 4 rings (SSSR count). The van der Waals surface area contributed by atoms with Crippen molar-refractivity contribution in [3.63, 3.8) is 0 Å². The summed E-state index contributed by atoms with van der Waals surface area (Å²) in [5.41, 5.74) is 3.06. The van der Waals surface area contributed by atoms with Gasteiger partial charge in [0.15, 0.2) is 0 Å². The summed E-state index contributed by atoms with van der Waals surface area (Å²) in [4.78, 5) is 24.6. The second kappa shape index (κ2) is 13.9. The van der Waals surface area contributed by atoms with Crippen LogP contribution in [0.2, 0.25) is 0 Å². The Morgan fingerprint density at radius 3 is 2.08 bits per heavy atom. The quantitative estimate of drug-likeness (QED) is 0.485. The van der Waals surface area contributed by atoms with Crippen LogP contribution in [0.25, 0.3) is 0 Å². The van der Waals surface area contributed by atoms with Crippen LogP contribution in [0.4, 0.5) is 30.7 Å². The van der Waals surface area contributed by atoms with Crippen LogP contribution in [0.15, 0.2) is 42.5 Å². The zero-order valence-electron chi connectivity index (χ0n) is 21.1. The third-order valence-electron chi connectivity index (χ3n) is 5.69. The molecule has 0 saturated carbocycles. The van der Waals surface area contributed by atoms with Crippen LogP contribution in [-0.4, -0.2) is 75.8 Å². The van der Waals surface area contributed by atoms with Crippen LogP contribution in [0.3, 0.4) is 0 Å². The zero-order valence-corrected chi connectivity index (χ0v) is 21.1. The van der Waals surface area contributed by atoms with Gasteiger partial charge in [-0.25, -0.2) is 14.0 Å². The number of nitrogens with zero attached hydrogens (tertiary/aromatic N) is 2. The second-order valence-electron chi connectivity index (χ2n) is 9.11. The van der Waals surface area contributed by atoms with Gasteiger partial charge in [-0.2, -0.15) is 26.3 Å². The Morgan fingerprint density at radius 2 is 1.57 bits per heavy atom. The van der Waals surface area contributed by atoms with E-state index in [-0.39, 0.29) is 17.5 Å². The molecule has 40 heavy (non-hydrogen) atoms. The van der Waals surface area contributed by atoms with Crippen molar-refractivity contribution >= 4 is 11.9 Å². The summed E-state index contributed by atoms with van der Waals surface area (Å²) in [5.74, 6) is -5.70. The molecule has 8 nitrogen and oxygen atoms in total. The van der Waals surface area contributed by atoms with E-state index < -0.39 is 24.3 Å². The Bertz CT molecular complexity index is 1100. The lowest BCUT2D eigenvalue weighted by molar-refractivity contribution is -0.200. The minimum atomic E-state index is -5.08. The van der Waals surface area contributed by atoms with Crippen LogP contribution in [-0.2, 0) is 32.2 Å². The topological polar surface area (TPSA) is 109 Å². The highest BCUT2D eigenvalue weighted by molar-refractivity contribution is 5.73. The number of pyridine rings is 1. The van der Waals surface area contributed by atoms with Crippen LogP contribution < -0.4 is 0 Å². The summed E-state index contributed by atoms with van der Waals surface area (Å²) in [5, 5.41) is 14.2. The van der Waals surface area contributed by atoms with Gasteiger partial charge in [0.1, 0.15) is 5.82 Å². The molecule has 2 fully saturated rings. The number of hydrogen-bond donors (Lipinski definition) is 2. The van der Waals surface area contributed by atoms with E-state index in [4.69, 9.17) is 29.3 Å². The van der Waals surface area contributed by atoms with Crippen LogP contribution in [0.5, 0.6) is 0 Å². The highest BCUT2D eigenvalue weighted by Gasteiger charge is 2.47. The van der Waals surface area contributed by atoms with Gasteiger partial charge < -0.3 is 19.7 Å². The number of halogens is 7. The average Bonchev–Trinajstić information content (AvgIpc) is 2.83. The Hall–Kier alpha value is -3.30.